The SMILES string of the molecule is C=C1CC(C(=O)N=[N+]=[N-])C1. The van der Waals surface area contributed by atoms with Crippen LogP contribution in [0.5, 0.6) is 0 Å². The van der Waals surface area contributed by atoms with Gasteiger partial charge in [0, 0.05) is 10.8 Å². The summed E-state index contributed by atoms with van der Waals surface area (Å²) in [5.41, 5.74) is 8.95. The molecule has 4 nitrogen and oxygen atoms in total. The first kappa shape index (κ1) is 6.83. The molecule has 0 aromatic carbocycles. The largest absolute Gasteiger partial charge is 0.292 e. The van der Waals surface area contributed by atoms with E-state index in [1.54, 1.807) is 0 Å². The Morgan fingerprint density at radius 1 is 1.80 bits per heavy atom. The van der Waals surface area contributed by atoms with Crippen LogP contribution in [-0.2, 0) is 4.79 Å². The Morgan fingerprint density at radius 2 is 2.40 bits per heavy atom. The van der Waals surface area contributed by atoms with Crippen LogP contribution in [0.1, 0.15) is 12.8 Å². The Balaban J connectivity index is 2.45. The Morgan fingerprint density at radius 3 is 2.80 bits per heavy atom. The van der Waals surface area contributed by atoms with Crippen molar-refractivity contribution in [2.45, 2.75) is 12.8 Å². The summed E-state index contributed by atoms with van der Waals surface area (Å²) < 4.78 is 0. The van der Waals surface area contributed by atoms with Gasteiger partial charge in [-0.3, -0.25) is 4.79 Å². The standard InChI is InChI=1S/C6H7N3O/c1-4-2-5(3-4)6(10)8-9-7/h5H,1-3H2. The average Bonchev–Trinajstić information content (AvgIpc) is 1.82. The number of carbonyl (C=O) groups excluding carboxylic acids is 1. The Hall–Kier alpha value is -1.28. The zero-order valence-electron chi connectivity index (χ0n) is 5.45. The number of hydrogen-bond acceptors (Lipinski definition) is 1. The molecule has 52 valence electrons. The molecule has 4 heteroatoms. The van der Waals surface area contributed by atoms with Crippen molar-refractivity contribution in [3.63, 3.8) is 0 Å². The van der Waals surface area contributed by atoms with Crippen molar-refractivity contribution in [2.24, 2.45) is 11.0 Å². The fourth-order valence-corrected chi connectivity index (χ4v) is 0.937. The van der Waals surface area contributed by atoms with Crippen molar-refractivity contribution in [3.8, 4) is 0 Å². The van der Waals surface area contributed by atoms with Gasteiger partial charge in [-0.25, -0.2) is 0 Å². The lowest BCUT2D eigenvalue weighted by atomic mass is 9.81. The van der Waals surface area contributed by atoms with Gasteiger partial charge >= 0.3 is 0 Å². The minimum Gasteiger partial charge on any atom is -0.292 e. The van der Waals surface area contributed by atoms with Crippen LogP contribution in [0.4, 0.5) is 0 Å². The molecule has 0 atom stereocenters. The topological polar surface area (TPSA) is 65.8 Å². The fourth-order valence-electron chi connectivity index (χ4n) is 0.937. The Kier molecular flexibility index (Phi) is 1.73. The van der Waals surface area contributed by atoms with Gasteiger partial charge in [0.1, 0.15) is 0 Å². The first-order valence-corrected chi connectivity index (χ1v) is 2.99. The molecule has 1 aliphatic rings. The van der Waals surface area contributed by atoms with Gasteiger partial charge in [0.2, 0.25) is 5.91 Å². The summed E-state index contributed by atoms with van der Waals surface area (Å²) in [5.74, 6) is -0.432. The first-order chi connectivity index (χ1) is 4.74. The van der Waals surface area contributed by atoms with E-state index in [2.05, 4.69) is 16.6 Å². The minimum absolute atomic E-state index is 0.0802. The summed E-state index contributed by atoms with van der Waals surface area (Å²) in [7, 11) is 0. The molecule has 0 spiro atoms. The van der Waals surface area contributed by atoms with Crippen LogP contribution >= 0.6 is 0 Å². The highest BCUT2D eigenvalue weighted by Gasteiger charge is 2.26. The number of rotatable bonds is 1. The second kappa shape index (κ2) is 2.54. The lowest BCUT2D eigenvalue weighted by Crippen LogP contribution is -2.21. The third-order valence-electron chi connectivity index (χ3n) is 1.56. The van der Waals surface area contributed by atoms with Crippen LogP contribution in [0.25, 0.3) is 10.4 Å². The van der Waals surface area contributed by atoms with Crippen LogP contribution in [0.2, 0.25) is 0 Å². The van der Waals surface area contributed by atoms with E-state index in [4.69, 9.17) is 5.53 Å². The molecule has 0 heterocycles. The smallest absolute Gasteiger partial charge is 0.222 e. The number of azide groups is 1. The molecule has 1 aliphatic carbocycles. The van der Waals surface area contributed by atoms with Gasteiger partial charge in [0.15, 0.2) is 0 Å². The van der Waals surface area contributed by atoms with Gasteiger partial charge in [-0.05, 0) is 23.5 Å². The summed E-state index contributed by atoms with van der Waals surface area (Å²) in [4.78, 5) is 13.1. The van der Waals surface area contributed by atoms with Gasteiger partial charge in [0.05, 0.1) is 0 Å². The minimum atomic E-state index is -0.352. The second-order valence-corrected chi connectivity index (χ2v) is 2.38. The molecule has 0 aromatic rings. The zero-order chi connectivity index (χ0) is 7.56. The molecule has 1 fully saturated rings. The molecule has 0 aromatic heterocycles. The molecule has 0 unspecified atom stereocenters. The van der Waals surface area contributed by atoms with Crippen molar-refractivity contribution in [3.05, 3.63) is 22.6 Å². The molecule has 1 saturated carbocycles. The van der Waals surface area contributed by atoms with Crippen LogP contribution in [-0.4, -0.2) is 5.91 Å². The van der Waals surface area contributed by atoms with Gasteiger partial charge in [-0.1, -0.05) is 12.2 Å². The van der Waals surface area contributed by atoms with Crippen LogP contribution < -0.4 is 0 Å². The monoisotopic (exact) mass is 137 g/mol. The number of carbonyl (C=O) groups is 1. The van der Waals surface area contributed by atoms with E-state index < -0.39 is 0 Å². The van der Waals surface area contributed by atoms with Crippen LogP contribution in [0.15, 0.2) is 17.3 Å². The zero-order valence-corrected chi connectivity index (χ0v) is 5.45. The van der Waals surface area contributed by atoms with E-state index in [-0.39, 0.29) is 11.8 Å². The number of amides is 1. The maximum atomic E-state index is 10.7. The van der Waals surface area contributed by atoms with Crippen molar-refractivity contribution >= 4 is 5.91 Å². The lowest BCUT2D eigenvalue weighted by molar-refractivity contribution is -0.122. The van der Waals surface area contributed by atoms with E-state index in [1.807, 2.05) is 0 Å². The molecule has 0 N–H and O–H groups in total. The van der Waals surface area contributed by atoms with E-state index in [0.717, 1.165) is 5.57 Å². The third kappa shape index (κ3) is 1.17. The third-order valence-corrected chi connectivity index (χ3v) is 1.56. The number of hydrogen-bond donors (Lipinski definition) is 0. The maximum absolute atomic E-state index is 10.7. The highest BCUT2D eigenvalue weighted by atomic mass is 16.1. The van der Waals surface area contributed by atoms with Crippen molar-refractivity contribution in [1.82, 2.24) is 0 Å². The van der Waals surface area contributed by atoms with E-state index in [1.165, 1.54) is 0 Å². The molecule has 0 bridgehead atoms. The van der Waals surface area contributed by atoms with Crippen molar-refractivity contribution in [1.29, 1.82) is 0 Å². The summed E-state index contributed by atoms with van der Waals surface area (Å²) >= 11 is 0. The lowest BCUT2D eigenvalue weighted by Gasteiger charge is -2.24. The molecule has 1 rings (SSSR count). The van der Waals surface area contributed by atoms with Gasteiger partial charge < -0.3 is 0 Å². The van der Waals surface area contributed by atoms with Crippen LogP contribution in [0, 0.1) is 5.92 Å². The highest BCUT2D eigenvalue weighted by Crippen LogP contribution is 2.32. The molecule has 0 aliphatic heterocycles. The quantitative estimate of drug-likeness (QED) is 0.235. The van der Waals surface area contributed by atoms with E-state index in [0.29, 0.717) is 12.8 Å². The van der Waals surface area contributed by atoms with Crippen molar-refractivity contribution in [2.75, 3.05) is 0 Å². The predicted molar refractivity (Wildman–Crippen MR) is 36.0 cm³/mol. The molecular weight excluding hydrogens is 130 g/mol. The Bertz CT molecular complexity index is 219. The van der Waals surface area contributed by atoms with Gasteiger partial charge in [0.25, 0.3) is 0 Å². The van der Waals surface area contributed by atoms with E-state index >= 15 is 0 Å². The van der Waals surface area contributed by atoms with E-state index in [9.17, 15) is 4.79 Å². The number of allylic oxidation sites excluding steroid dienone is 1. The van der Waals surface area contributed by atoms with Crippen molar-refractivity contribution < 1.29 is 4.79 Å². The molecule has 1 amide bonds. The normalized spacial score (nSPS) is 17.4. The maximum Gasteiger partial charge on any atom is 0.222 e. The highest BCUT2D eigenvalue weighted by molar-refractivity contribution is 5.81. The van der Waals surface area contributed by atoms with Gasteiger partial charge in [-0.2, -0.15) is 0 Å². The fraction of sp³-hybridized carbons (Fsp3) is 0.500. The second-order valence-electron chi connectivity index (χ2n) is 2.38. The molecule has 0 radical (unpaired) electrons. The summed E-state index contributed by atoms with van der Waals surface area (Å²) in [6, 6.07) is 0. The summed E-state index contributed by atoms with van der Waals surface area (Å²) in [5, 5.41) is 2.98. The van der Waals surface area contributed by atoms with Crippen LogP contribution in [0.3, 0.4) is 0 Å². The van der Waals surface area contributed by atoms with Gasteiger partial charge in [-0.15, -0.1) is 0 Å². The first-order valence-electron chi connectivity index (χ1n) is 2.99. The number of nitrogens with zero attached hydrogens (tertiary/aromatic N) is 3. The molecule has 10 heavy (non-hydrogen) atoms. The Labute approximate surface area is 58.2 Å². The molecule has 0 saturated heterocycles. The predicted octanol–water partition coefficient (Wildman–Crippen LogP) is 1.79. The summed E-state index contributed by atoms with van der Waals surface area (Å²) in [6.07, 6.45) is 1.38. The molecular formula is C6H7N3O. The average molecular weight is 137 g/mol. The summed E-state index contributed by atoms with van der Waals surface area (Å²) in [6.45, 7) is 3.67.